The first-order chi connectivity index (χ1) is 14.5. The molecular weight excluding hydrogens is 388 g/mol. The highest BCUT2D eigenvalue weighted by molar-refractivity contribution is 6.44. The molecule has 1 saturated heterocycles. The molecule has 1 aromatic carbocycles. The minimum Gasteiger partial charge on any atom is -0.377 e. The highest BCUT2D eigenvalue weighted by Crippen LogP contribution is 2.18. The summed E-state index contributed by atoms with van der Waals surface area (Å²) in [4.78, 5) is 33.3. The molecule has 4 rings (SSSR count). The fourth-order valence-electron chi connectivity index (χ4n) is 2.84. The van der Waals surface area contributed by atoms with Crippen molar-refractivity contribution in [2.75, 3.05) is 18.5 Å². The van der Waals surface area contributed by atoms with Crippen molar-refractivity contribution in [3.05, 3.63) is 48.8 Å². The summed E-state index contributed by atoms with van der Waals surface area (Å²) in [6, 6.07) is 9.36. The van der Waals surface area contributed by atoms with Gasteiger partial charge in [0, 0.05) is 18.0 Å². The molecule has 1 unspecified atom stereocenters. The standard InChI is InChI=1S/C19H18N8O3/c20-15(17(28)22-12-9-30-10-12)16(26-21)18(29)24-14-6-7-27-8-13(23-19(27)25-14)11-4-2-1-3-5-11/h1-8,12,16,20-21H,9-10H2,(H,22,28)(H,23,24,25,29). The van der Waals surface area contributed by atoms with Gasteiger partial charge >= 0.3 is 0 Å². The second-order valence-corrected chi connectivity index (χ2v) is 6.65. The van der Waals surface area contributed by atoms with E-state index >= 15 is 0 Å². The molecule has 0 aliphatic carbocycles. The van der Waals surface area contributed by atoms with Crippen molar-refractivity contribution < 1.29 is 14.3 Å². The van der Waals surface area contributed by atoms with Gasteiger partial charge in [-0.2, -0.15) is 10.1 Å². The third-order valence-electron chi connectivity index (χ3n) is 4.52. The molecule has 1 atom stereocenters. The van der Waals surface area contributed by atoms with Crippen LogP contribution in [-0.2, 0) is 14.3 Å². The number of anilines is 1. The molecule has 0 bridgehead atoms. The summed E-state index contributed by atoms with van der Waals surface area (Å²) in [5.41, 5.74) is 8.26. The van der Waals surface area contributed by atoms with Gasteiger partial charge in [-0.05, 0) is 6.07 Å². The predicted molar refractivity (Wildman–Crippen MR) is 106 cm³/mol. The maximum Gasteiger partial charge on any atom is 0.268 e. The van der Waals surface area contributed by atoms with E-state index in [-0.39, 0.29) is 11.9 Å². The van der Waals surface area contributed by atoms with Gasteiger partial charge in [0.05, 0.1) is 24.9 Å². The minimum atomic E-state index is -1.58. The normalized spacial score (nSPS) is 14.5. The van der Waals surface area contributed by atoms with Crippen LogP contribution < -0.4 is 10.6 Å². The first-order valence-corrected chi connectivity index (χ1v) is 9.11. The van der Waals surface area contributed by atoms with Crippen LogP contribution in [0.1, 0.15) is 0 Å². The summed E-state index contributed by atoms with van der Waals surface area (Å²) >= 11 is 0. The third-order valence-corrected chi connectivity index (χ3v) is 4.52. The van der Waals surface area contributed by atoms with Crippen LogP contribution >= 0.6 is 0 Å². The summed E-state index contributed by atoms with van der Waals surface area (Å²) in [5.74, 6) is -1.03. The first kappa shape index (κ1) is 19.3. The zero-order chi connectivity index (χ0) is 21.1. The van der Waals surface area contributed by atoms with Gasteiger partial charge in [-0.1, -0.05) is 30.3 Å². The Morgan fingerprint density at radius 3 is 2.63 bits per heavy atom. The lowest BCUT2D eigenvalue weighted by atomic mass is 10.1. The summed E-state index contributed by atoms with van der Waals surface area (Å²) in [6.07, 6.45) is 3.49. The van der Waals surface area contributed by atoms with Crippen LogP contribution in [-0.4, -0.2) is 57.2 Å². The second-order valence-electron chi connectivity index (χ2n) is 6.65. The lowest BCUT2D eigenvalue weighted by Crippen LogP contribution is -2.53. The van der Waals surface area contributed by atoms with Crippen LogP contribution in [0.25, 0.3) is 17.0 Å². The second kappa shape index (κ2) is 8.17. The maximum absolute atomic E-state index is 12.5. The fraction of sp³-hybridized carbons (Fsp3) is 0.211. The van der Waals surface area contributed by atoms with Gasteiger partial charge < -0.3 is 15.4 Å². The average molecular weight is 406 g/mol. The van der Waals surface area contributed by atoms with Crippen LogP contribution in [0, 0.1) is 10.9 Å². The number of rotatable bonds is 7. The molecule has 11 nitrogen and oxygen atoms in total. The largest absolute Gasteiger partial charge is 0.377 e. The van der Waals surface area contributed by atoms with Crippen LogP contribution in [0.15, 0.2) is 53.9 Å². The summed E-state index contributed by atoms with van der Waals surface area (Å²) in [7, 11) is 0. The Hall–Kier alpha value is -3.99. The van der Waals surface area contributed by atoms with E-state index in [9.17, 15) is 9.59 Å². The molecule has 11 heteroatoms. The summed E-state index contributed by atoms with van der Waals surface area (Å²) in [5, 5.41) is 16.1. The number of carbonyl (C=O) groups excluding carboxylic acids is 2. The molecule has 1 aliphatic rings. The number of ether oxygens (including phenoxy) is 1. The topological polar surface area (TPSA) is 158 Å². The molecule has 152 valence electrons. The van der Waals surface area contributed by atoms with Crippen molar-refractivity contribution in [1.29, 1.82) is 10.9 Å². The van der Waals surface area contributed by atoms with E-state index in [0.717, 1.165) is 11.3 Å². The van der Waals surface area contributed by atoms with E-state index in [1.54, 1.807) is 16.7 Å². The molecule has 0 radical (unpaired) electrons. The Morgan fingerprint density at radius 2 is 1.97 bits per heavy atom. The predicted octanol–water partition coefficient (Wildman–Crippen LogP) is 1.27. The number of nitrogens with one attached hydrogen (secondary N) is 4. The van der Waals surface area contributed by atoms with E-state index in [1.165, 1.54) is 0 Å². The molecule has 0 spiro atoms. The Morgan fingerprint density at radius 1 is 1.20 bits per heavy atom. The van der Waals surface area contributed by atoms with Crippen molar-refractivity contribution in [3.63, 3.8) is 0 Å². The molecule has 2 aromatic heterocycles. The van der Waals surface area contributed by atoms with E-state index in [1.807, 2.05) is 36.5 Å². The molecule has 30 heavy (non-hydrogen) atoms. The van der Waals surface area contributed by atoms with Crippen LogP contribution in [0.5, 0.6) is 0 Å². The average Bonchev–Trinajstić information content (AvgIpc) is 3.15. The quantitative estimate of drug-likeness (QED) is 0.343. The van der Waals surface area contributed by atoms with E-state index in [0.29, 0.717) is 19.0 Å². The number of amides is 2. The van der Waals surface area contributed by atoms with Crippen LogP contribution in [0.2, 0.25) is 0 Å². The third kappa shape index (κ3) is 3.91. The summed E-state index contributed by atoms with van der Waals surface area (Å²) in [6.45, 7) is 0.709. The SMILES string of the molecule is N=NC(C(=N)C(=O)NC1COC1)C(=O)Nc1ccn2cc(-c3ccccc3)nc2n1. The number of hydrogen-bond acceptors (Lipinski definition) is 8. The van der Waals surface area contributed by atoms with Crippen molar-refractivity contribution in [3.8, 4) is 11.3 Å². The Bertz CT molecular complexity index is 1120. The zero-order valence-corrected chi connectivity index (χ0v) is 15.7. The van der Waals surface area contributed by atoms with E-state index in [2.05, 4.69) is 25.7 Å². The maximum atomic E-state index is 12.5. The van der Waals surface area contributed by atoms with Gasteiger partial charge in [0.1, 0.15) is 11.5 Å². The number of nitrogens with zero attached hydrogens (tertiary/aromatic N) is 4. The molecule has 2 amide bonds. The van der Waals surface area contributed by atoms with Gasteiger partial charge in [-0.25, -0.2) is 10.5 Å². The highest BCUT2D eigenvalue weighted by atomic mass is 16.5. The van der Waals surface area contributed by atoms with Gasteiger partial charge in [0.25, 0.3) is 11.8 Å². The Balaban J connectivity index is 1.48. The van der Waals surface area contributed by atoms with Gasteiger partial charge in [0.15, 0.2) is 6.04 Å². The smallest absolute Gasteiger partial charge is 0.268 e. The van der Waals surface area contributed by atoms with Gasteiger partial charge in [-0.15, -0.1) is 0 Å². The lowest BCUT2D eigenvalue weighted by Gasteiger charge is -2.27. The number of imidazole rings is 1. The Kier molecular flexibility index (Phi) is 5.26. The molecular formula is C19H18N8O3. The van der Waals surface area contributed by atoms with Crippen molar-refractivity contribution >= 4 is 29.1 Å². The number of hydrogen-bond donors (Lipinski definition) is 4. The van der Waals surface area contributed by atoms with Crippen LogP contribution in [0.3, 0.4) is 0 Å². The molecule has 0 saturated carbocycles. The van der Waals surface area contributed by atoms with Gasteiger partial charge in [-0.3, -0.25) is 19.4 Å². The molecule has 1 aliphatic heterocycles. The number of carbonyl (C=O) groups is 2. The summed E-state index contributed by atoms with van der Waals surface area (Å²) < 4.78 is 6.66. The van der Waals surface area contributed by atoms with Crippen LogP contribution in [0.4, 0.5) is 5.82 Å². The zero-order valence-electron chi connectivity index (χ0n) is 15.7. The monoisotopic (exact) mass is 406 g/mol. The molecule has 3 aromatic rings. The van der Waals surface area contributed by atoms with Gasteiger partial charge in [0.2, 0.25) is 5.78 Å². The highest BCUT2D eigenvalue weighted by Gasteiger charge is 2.31. The molecule has 4 N–H and O–H groups in total. The van der Waals surface area contributed by atoms with Crippen molar-refractivity contribution in [2.45, 2.75) is 12.1 Å². The first-order valence-electron chi connectivity index (χ1n) is 9.11. The van der Waals surface area contributed by atoms with Crippen molar-refractivity contribution in [2.24, 2.45) is 5.11 Å². The number of benzene rings is 1. The van der Waals surface area contributed by atoms with Crippen molar-refractivity contribution in [1.82, 2.24) is 19.7 Å². The number of fused-ring (bicyclic) bond motifs is 1. The Labute approximate surface area is 170 Å². The van der Waals surface area contributed by atoms with E-state index in [4.69, 9.17) is 15.7 Å². The minimum absolute atomic E-state index is 0.173. The molecule has 3 heterocycles. The fourth-order valence-corrected chi connectivity index (χ4v) is 2.84. The molecule has 1 fully saturated rings. The lowest BCUT2D eigenvalue weighted by molar-refractivity contribution is -0.121. The van der Waals surface area contributed by atoms with E-state index < -0.39 is 23.6 Å². The number of aromatic nitrogens is 3.